The number of pyridine rings is 2. The van der Waals surface area contributed by atoms with Crippen LogP contribution in [-0.2, 0) is 4.79 Å². The number of hydrogen-bond acceptors (Lipinski definition) is 6. The van der Waals surface area contributed by atoms with Gasteiger partial charge in [0.2, 0.25) is 11.7 Å². The third kappa shape index (κ3) is 5.74. The Morgan fingerprint density at radius 1 is 1.22 bits per heavy atom. The molecule has 0 saturated carbocycles. The van der Waals surface area contributed by atoms with E-state index in [-0.39, 0.29) is 42.8 Å². The van der Waals surface area contributed by atoms with Gasteiger partial charge in [-0.1, -0.05) is 19.9 Å². The number of carbonyl (C=O) groups excluding carboxylic acids is 2. The number of carbonyl (C=O) groups is 2. The SMILES string of the molecule is CC(C)C[C@H]1CN(c2cccc(C(=O)c3cccnc3N)n2)CCN1C(=O)CC(F)(F)F.[HH]. The van der Waals surface area contributed by atoms with Crippen LogP contribution < -0.4 is 10.6 Å². The van der Waals surface area contributed by atoms with Crippen molar-refractivity contribution >= 4 is 23.3 Å². The average molecular weight is 451 g/mol. The molecular weight excluding hydrogens is 423 g/mol. The number of hydrogen-bond donors (Lipinski definition) is 1. The number of piperazine rings is 1. The number of halogens is 3. The predicted octanol–water partition coefficient (Wildman–Crippen LogP) is 3.55. The van der Waals surface area contributed by atoms with E-state index in [1.807, 2.05) is 18.7 Å². The highest BCUT2D eigenvalue weighted by Gasteiger charge is 2.38. The van der Waals surface area contributed by atoms with Gasteiger partial charge >= 0.3 is 6.18 Å². The molecule has 1 aliphatic heterocycles. The van der Waals surface area contributed by atoms with Crippen molar-refractivity contribution in [2.75, 3.05) is 30.3 Å². The lowest BCUT2D eigenvalue weighted by Crippen LogP contribution is -2.56. The largest absolute Gasteiger partial charge is 0.397 e. The van der Waals surface area contributed by atoms with Crippen molar-refractivity contribution < 1.29 is 24.2 Å². The van der Waals surface area contributed by atoms with Crippen LogP contribution in [0.1, 0.15) is 44.2 Å². The molecular formula is C22H28F3N5O2. The lowest BCUT2D eigenvalue weighted by atomic mass is 9.99. The summed E-state index contributed by atoms with van der Waals surface area (Å²) in [6.07, 6.45) is -3.95. The Hall–Kier alpha value is -3.17. The van der Waals surface area contributed by atoms with E-state index in [2.05, 4.69) is 9.97 Å². The second-order valence-corrected chi connectivity index (χ2v) is 8.25. The zero-order valence-corrected chi connectivity index (χ0v) is 18.0. The van der Waals surface area contributed by atoms with Crippen molar-refractivity contribution in [1.82, 2.24) is 14.9 Å². The maximum atomic E-state index is 12.8. The van der Waals surface area contributed by atoms with Crippen molar-refractivity contribution in [3.8, 4) is 0 Å². The van der Waals surface area contributed by atoms with Crippen LogP contribution in [0.4, 0.5) is 24.8 Å². The molecule has 0 unspecified atom stereocenters. The molecule has 10 heteroatoms. The van der Waals surface area contributed by atoms with Crippen LogP contribution in [0, 0.1) is 5.92 Å². The molecule has 32 heavy (non-hydrogen) atoms. The number of nitrogens with zero attached hydrogens (tertiary/aromatic N) is 4. The summed E-state index contributed by atoms with van der Waals surface area (Å²) in [5.41, 5.74) is 6.24. The monoisotopic (exact) mass is 451 g/mol. The van der Waals surface area contributed by atoms with Crippen LogP contribution in [0.5, 0.6) is 0 Å². The fourth-order valence-corrected chi connectivity index (χ4v) is 3.88. The molecule has 0 aromatic carbocycles. The first-order valence-corrected chi connectivity index (χ1v) is 10.4. The molecule has 0 bridgehead atoms. The van der Waals surface area contributed by atoms with Gasteiger partial charge in [0.25, 0.3) is 0 Å². The van der Waals surface area contributed by atoms with Gasteiger partial charge in [-0.25, -0.2) is 9.97 Å². The minimum absolute atomic E-state index is 0. The zero-order valence-electron chi connectivity index (χ0n) is 18.0. The molecule has 2 N–H and O–H groups in total. The van der Waals surface area contributed by atoms with Gasteiger partial charge in [0.15, 0.2) is 0 Å². The van der Waals surface area contributed by atoms with Gasteiger partial charge in [0, 0.05) is 33.3 Å². The normalized spacial score (nSPS) is 17.0. The van der Waals surface area contributed by atoms with E-state index in [0.717, 1.165) is 0 Å². The highest BCUT2D eigenvalue weighted by atomic mass is 19.4. The summed E-state index contributed by atoms with van der Waals surface area (Å²) < 4.78 is 38.3. The Kier molecular flexibility index (Phi) is 7.00. The Labute approximate surface area is 185 Å². The third-order valence-corrected chi connectivity index (χ3v) is 5.27. The van der Waals surface area contributed by atoms with Crippen molar-refractivity contribution in [1.29, 1.82) is 0 Å². The molecule has 2 aromatic rings. The van der Waals surface area contributed by atoms with E-state index in [4.69, 9.17) is 5.73 Å². The van der Waals surface area contributed by atoms with Crippen molar-refractivity contribution in [2.24, 2.45) is 5.92 Å². The van der Waals surface area contributed by atoms with Gasteiger partial charge in [-0.3, -0.25) is 9.59 Å². The molecule has 1 fully saturated rings. The van der Waals surface area contributed by atoms with Crippen molar-refractivity contribution in [2.45, 2.75) is 38.9 Å². The van der Waals surface area contributed by atoms with Crippen LogP contribution in [0.15, 0.2) is 36.5 Å². The Morgan fingerprint density at radius 3 is 2.62 bits per heavy atom. The van der Waals surface area contributed by atoms with E-state index < -0.39 is 18.5 Å². The summed E-state index contributed by atoms with van der Waals surface area (Å²) in [5, 5.41) is 0. The highest BCUT2D eigenvalue weighted by Crippen LogP contribution is 2.26. The molecule has 3 heterocycles. The second kappa shape index (κ2) is 9.54. The summed E-state index contributed by atoms with van der Waals surface area (Å²) in [6.45, 7) is 4.73. The van der Waals surface area contributed by atoms with E-state index in [9.17, 15) is 22.8 Å². The van der Waals surface area contributed by atoms with Gasteiger partial charge in [-0.15, -0.1) is 0 Å². The number of rotatable bonds is 6. The molecule has 1 amide bonds. The lowest BCUT2D eigenvalue weighted by Gasteiger charge is -2.43. The standard InChI is InChI=1S/C22H26F3N5O2.H2/c1-14(2)11-15-13-29(9-10-30(15)19(31)12-22(23,24)25)18-7-3-6-17(28-18)20(32)16-5-4-8-27-21(16)26;/h3-8,14-15H,9-13H2,1-2H3,(H2,26,27);1H/t15-;/m0./s1. The summed E-state index contributed by atoms with van der Waals surface area (Å²) in [6, 6.07) is 7.81. The molecule has 1 aliphatic rings. The van der Waals surface area contributed by atoms with E-state index in [1.165, 1.54) is 11.1 Å². The fraction of sp³-hybridized carbons (Fsp3) is 0.455. The van der Waals surface area contributed by atoms with Crippen LogP contribution in [0.2, 0.25) is 0 Å². The molecule has 174 valence electrons. The van der Waals surface area contributed by atoms with E-state index in [0.29, 0.717) is 25.3 Å². The first kappa shape index (κ1) is 23.5. The first-order valence-electron chi connectivity index (χ1n) is 10.4. The Morgan fingerprint density at radius 2 is 1.97 bits per heavy atom. The topological polar surface area (TPSA) is 92.4 Å². The minimum atomic E-state index is -4.54. The summed E-state index contributed by atoms with van der Waals surface area (Å²) in [7, 11) is 0. The molecule has 0 aliphatic carbocycles. The van der Waals surface area contributed by atoms with Crippen LogP contribution in [0.3, 0.4) is 0 Å². The number of nitrogens with two attached hydrogens (primary N) is 1. The maximum absolute atomic E-state index is 12.8. The fourth-order valence-electron chi connectivity index (χ4n) is 3.88. The summed E-state index contributed by atoms with van der Waals surface area (Å²) in [4.78, 5) is 36.7. The molecule has 0 spiro atoms. The molecule has 7 nitrogen and oxygen atoms in total. The second-order valence-electron chi connectivity index (χ2n) is 8.25. The number of nitrogen functional groups attached to an aromatic ring is 1. The van der Waals surface area contributed by atoms with Crippen LogP contribution in [-0.4, -0.2) is 58.4 Å². The van der Waals surface area contributed by atoms with Gasteiger partial charge in [-0.2, -0.15) is 13.2 Å². The average Bonchev–Trinajstić information content (AvgIpc) is 2.72. The highest BCUT2D eigenvalue weighted by molar-refractivity contribution is 6.10. The molecule has 0 radical (unpaired) electrons. The quantitative estimate of drug-likeness (QED) is 0.676. The predicted molar refractivity (Wildman–Crippen MR) is 116 cm³/mol. The maximum Gasteiger partial charge on any atom is 0.397 e. The van der Waals surface area contributed by atoms with Crippen LogP contribution in [0.25, 0.3) is 0 Å². The first-order chi connectivity index (χ1) is 15.0. The van der Waals surface area contributed by atoms with Gasteiger partial charge < -0.3 is 15.5 Å². The number of amides is 1. The van der Waals surface area contributed by atoms with E-state index >= 15 is 0 Å². The molecule has 1 atom stereocenters. The zero-order chi connectivity index (χ0) is 23.5. The minimum Gasteiger partial charge on any atom is -0.383 e. The summed E-state index contributed by atoms with van der Waals surface area (Å²) >= 11 is 0. The number of aromatic nitrogens is 2. The van der Waals surface area contributed by atoms with Gasteiger partial charge in [0.1, 0.15) is 23.8 Å². The van der Waals surface area contributed by atoms with Crippen molar-refractivity contribution in [3.05, 3.63) is 47.8 Å². The molecule has 1 saturated heterocycles. The van der Waals surface area contributed by atoms with Crippen molar-refractivity contribution in [3.63, 3.8) is 0 Å². The third-order valence-electron chi connectivity index (χ3n) is 5.27. The van der Waals surface area contributed by atoms with E-state index in [1.54, 1.807) is 30.3 Å². The molecule has 2 aromatic heterocycles. The Bertz CT molecular complexity index is 986. The molecule has 3 rings (SSSR count). The number of ketones is 1. The number of anilines is 2. The van der Waals surface area contributed by atoms with Crippen LogP contribution >= 0.6 is 0 Å². The smallest absolute Gasteiger partial charge is 0.383 e. The van der Waals surface area contributed by atoms with Gasteiger partial charge in [0.05, 0.1) is 5.56 Å². The number of alkyl halides is 3. The Balaban J connectivity index is 0.00000385. The summed E-state index contributed by atoms with van der Waals surface area (Å²) in [5.74, 6) is -0.453. The van der Waals surface area contributed by atoms with Gasteiger partial charge in [-0.05, 0) is 36.6 Å². The lowest BCUT2D eigenvalue weighted by molar-refractivity contribution is -0.163.